The number of hydrogen-bond acceptors (Lipinski definition) is 9. The Morgan fingerprint density at radius 2 is 1.32 bits per heavy atom. The van der Waals surface area contributed by atoms with Crippen molar-refractivity contribution >= 4 is 55.3 Å². The lowest BCUT2D eigenvalue weighted by atomic mass is 9.87. The third-order valence-corrected chi connectivity index (χ3v) is 17.5. The van der Waals surface area contributed by atoms with Gasteiger partial charge in [-0.25, -0.2) is 4.79 Å². The lowest BCUT2D eigenvalue weighted by Crippen LogP contribution is -2.57. The van der Waals surface area contributed by atoms with Crippen molar-refractivity contribution in [2.45, 2.75) is 146 Å². The van der Waals surface area contributed by atoms with Crippen molar-refractivity contribution in [3.8, 4) is 0 Å². The highest BCUT2D eigenvalue weighted by Gasteiger charge is 2.47. The zero-order valence-electron chi connectivity index (χ0n) is 43.7. The van der Waals surface area contributed by atoms with Crippen molar-refractivity contribution in [3.63, 3.8) is 0 Å². The SMILES string of the molecule is C[C@@H](C(=O)N[C@@H](Cc1ccc(NC(=O)c2ccc(C(=O)N[C@@H]3CN[C@H](C(=O)N[C@@H]4CCCc5ccccc54)C3)cc2)cc1)C(=O)N1C[Si](C)(C)C[C@H]1C(=O)N[C@@H]1CCCc2ccccc21)N(C)C(=O)OC(C)(C)C. The molecule has 7 amide bonds. The van der Waals surface area contributed by atoms with E-state index in [0.717, 1.165) is 44.1 Å². The molecule has 16 nitrogen and oxygen atoms in total. The van der Waals surface area contributed by atoms with E-state index in [2.05, 4.69) is 69.3 Å². The van der Waals surface area contributed by atoms with Crippen molar-refractivity contribution in [2.75, 3.05) is 25.1 Å². The number of nitrogens with zero attached hydrogens (tertiary/aromatic N) is 2. The molecule has 4 aromatic carbocycles. The molecule has 4 aromatic rings. The summed E-state index contributed by atoms with van der Waals surface area (Å²) >= 11 is 0. The molecule has 0 unspecified atom stereocenters. The van der Waals surface area contributed by atoms with Gasteiger partial charge in [0, 0.05) is 49.0 Å². The molecule has 6 N–H and O–H groups in total. The maximum absolute atomic E-state index is 14.9. The molecule has 2 fully saturated rings. The topological polar surface area (TPSA) is 207 Å². The standard InChI is InChI=1S/C57H72N8O8Si/c1-35(64(5)56(72)73-57(2,3)4)50(66)63-48(55(71)65-34-74(6,7)33-49(65)54(70)62-46-21-13-17-38-15-9-11-19-44(38)46)30-36-22-28-41(29-23-36)59-51(67)39-24-26-40(27-25-39)52(68)60-42-31-47(58-32-42)53(69)61-45-20-12-16-37-14-8-10-18-43(37)45/h8-11,14-15,18-19,22-29,35,42,45-49,58H,12-13,16-17,20-21,30-34H2,1-7H3,(H,59,67)(H,60,68)(H,61,69)(H,62,70)(H,63,66)/t35-,42-,45+,46+,47-,48-,49-/m0/s1. The number of nitrogens with one attached hydrogen (secondary N) is 6. The summed E-state index contributed by atoms with van der Waals surface area (Å²) in [6.45, 7) is 11.5. The van der Waals surface area contributed by atoms with Crippen LogP contribution in [-0.2, 0) is 43.2 Å². The van der Waals surface area contributed by atoms with Gasteiger partial charge in [-0.3, -0.25) is 33.7 Å². The molecular formula is C57H72N8O8Si. The van der Waals surface area contributed by atoms with Crippen molar-refractivity contribution in [1.29, 1.82) is 0 Å². The van der Waals surface area contributed by atoms with Crippen molar-refractivity contribution in [2.24, 2.45) is 0 Å². The number of likely N-dealkylation sites (N-methyl/N-ethyl adjacent to an activating group) is 1. The molecule has 4 aliphatic rings. The minimum absolute atomic E-state index is 0.0256. The number of anilines is 1. The van der Waals surface area contributed by atoms with Crippen LogP contribution in [-0.4, -0.2) is 115 Å². The number of ether oxygens (including phenoxy) is 1. The smallest absolute Gasteiger partial charge is 0.410 e. The van der Waals surface area contributed by atoms with E-state index in [1.165, 1.54) is 28.6 Å². The summed E-state index contributed by atoms with van der Waals surface area (Å²) in [5, 5.41) is 18.6. The predicted molar refractivity (Wildman–Crippen MR) is 286 cm³/mol. The number of rotatable bonds is 14. The Hall–Kier alpha value is -6.85. The third kappa shape index (κ3) is 13.1. The van der Waals surface area contributed by atoms with Gasteiger partial charge in [0.25, 0.3) is 11.8 Å². The highest BCUT2D eigenvalue weighted by atomic mass is 28.3. The van der Waals surface area contributed by atoms with E-state index < -0.39 is 61.7 Å². The lowest BCUT2D eigenvalue weighted by molar-refractivity contribution is -0.141. The Balaban J connectivity index is 0.894. The summed E-state index contributed by atoms with van der Waals surface area (Å²) in [6.07, 6.45) is 5.86. The number of amides is 7. The zero-order valence-corrected chi connectivity index (χ0v) is 44.7. The Labute approximate surface area is 435 Å². The predicted octanol–water partition coefficient (Wildman–Crippen LogP) is 6.53. The quantitative estimate of drug-likeness (QED) is 0.0759. The fraction of sp³-hybridized carbons (Fsp3) is 0.456. The molecule has 0 radical (unpaired) electrons. The first-order chi connectivity index (χ1) is 35.2. The van der Waals surface area contributed by atoms with Gasteiger partial charge in [-0.1, -0.05) is 73.8 Å². The van der Waals surface area contributed by atoms with Crippen LogP contribution in [0.2, 0.25) is 19.1 Å². The van der Waals surface area contributed by atoms with E-state index in [9.17, 15) is 33.6 Å². The molecule has 8 rings (SSSR count). The van der Waals surface area contributed by atoms with E-state index in [-0.39, 0.29) is 42.3 Å². The third-order valence-electron chi connectivity index (χ3n) is 14.8. The van der Waals surface area contributed by atoms with Crippen molar-refractivity contribution in [1.82, 2.24) is 36.4 Å². The number of carbonyl (C=O) groups is 7. The Morgan fingerprint density at radius 1 is 0.757 bits per heavy atom. The van der Waals surface area contributed by atoms with Crippen LogP contribution in [0.15, 0.2) is 97.1 Å². The summed E-state index contributed by atoms with van der Waals surface area (Å²) in [5.74, 6) is -1.95. The summed E-state index contributed by atoms with van der Waals surface area (Å²) < 4.78 is 5.52. The first-order valence-electron chi connectivity index (χ1n) is 26.1. The number of carbonyl (C=O) groups excluding carboxylic acids is 7. The average Bonchev–Trinajstić information content (AvgIpc) is 3.99. The molecule has 2 aliphatic carbocycles. The van der Waals surface area contributed by atoms with Gasteiger partial charge >= 0.3 is 6.09 Å². The fourth-order valence-electron chi connectivity index (χ4n) is 10.7. The van der Waals surface area contributed by atoms with Crippen molar-refractivity contribution < 1.29 is 38.3 Å². The summed E-state index contributed by atoms with van der Waals surface area (Å²) in [4.78, 5) is 98.9. The molecule has 74 heavy (non-hydrogen) atoms. The van der Waals surface area contributed by atoms with Crippen LogP contribution in [0.4, 0.5) is 10.5 Å². The van der Waals surface area contributed by atoms with E-state index in [0.29, 0.717) is 47.6 Å². The van der Waals surface area contributed by atoms with Crippen LogP contribution < -0.4 is 31.9 Å². The Kier molecular flexibility index (Phi) is 16.4. The molecule has 2 heterocycles. The number of hydrogen-bond donors (Lipinski definition) is 6. The molecule has 2 saturated heterocycles. The van der Waals surface area contributed by atoms with Crippen LogP contribution in [0.3, 0.4) is 0 Å². The molecule has 7 atom stereocenters. The minimum Gasteiger partial charge on any atom is -0.444 e. The van der Waals surface area contributed by atoms with Crippen molar-refractivity contribution in [3.05, 3.63) is 136 Å². The van der Waals surface area contributed by atoms with Gasteiger partial charge < -0.3 is 41.5 Å². The second-order valence-electron chi connectivity index (χ2n) is 22.3. The van der Waals surface area contributed by atoms with Gasteiger partial charge in [0.2, 0.25) is 23.6 Å². The first-order valence-corrected chi connectivity index (χ1v) is 29.5. The monoisotopic (exact) mass is 1020 g/mol. The van der Waals surface area contributed by atoms with Gasteiger partial charge in [0.05, 0.1) is 26.2 Å². The molecular weight excluding hydrogens is 953 g/mol. The lowest BCUT2D eigenvalue weighted by Gasteiger charge is -2.33. The number of aryl methyl sites for hydroxylation is 2. The van der Waals surface area contributed by atoms with Gasteiger partial charge in [0.1, 0.15) is 23.7 Å². The van der Waals surface area contributed by atoms with E-state index in [4.69, 9.17) is 4.74 Å². The maximum Gasteiger partial charge on any atom is 0.410 e. The fourth-order valence-corrected chi connectivity index (χ4v) is 13.6. The summed E-state index contributed by atoms with van der Waals surface area (Å²) in [5.41, 5.74) is 5.83. The van der Waals surface area contributed by atoms with Gasteiger partial charge in [-0.05, 0) is 143 Å². The highest BCUT2D eigenvalue weighted by Crippen LogP contribution is 2.33. The molecule has 0 saturated carbocycles. The average molecular weight is 1030 g/mol. The summed E-state index contributed by atoms with van der Waals surface area (Å²) in [6, 6.07) is 26.5. The van der Waals surface area contributed by atoms with E-state index >= 15 is 0 Å². The molecule has 0 spiro atoms. The van der Waals surface area contributed by atoms with Gasteiger partial charge in [-0.2, -0.15) is 0 Å². The minimum atomic E-state index is -2.08. The first kappa shape index (κ1) is 53.4. The van der Waals surface area contributed by atoms with E-state index in [1.807, 2.05) is 24.3 Å². The summed E-state index contributed by atoms with van der Waals surface area (Å²) in [7, 11) is -0.616. The van der Waals surface area contributed by atoms with Gasteiger partial charge in [-0.15, -0.1) is 0 Å². The second kappa shape index (κ2) is 22.7. The van der Waals surface area contributed by atoms with E-state index in [1.54, 1.807) is 81.1 Å². The highest BCUT2D eigenvalue weighted by molar-refractivity contribution is 6.79. The molecule has 392 valence electrons. The van der Waals surface area contributed by atoms with Crippen LogP contribution in [0.5, 0.6) is 0 Å². The van der Waals surface area contributed by atoms with Crippen LogP contribution in [0, 0.1) is 0 Å². The molecule has 0 bridgehead atoms. The normalized spacial score (nSPS) is 21.7. The second-order valence-corrected chi connectivity index (χ2v) is 27.3. The van der Waals surface area contributed by atoms with Crippen LogP contribution >= 0.6 is 0 Å². The largest absolute Gasteiger partial charge is 0.444 e. The van der Waals surface area contributed by atoms with Gasteiger partial charge in [0.15, 0.2) is 0 Å². The zero-order chi connectivity index (χ0) is 52.9. The number of fused-ring (bicyclic) bond motifs is 2. The number of benzene rings is 4. The molecule has 0 aromatic heterocycles. The molecule has 17 heteroatoms. The molecule has 2 aliphatic heterocycles. The maximum atomic E-state index is 14.9. The Morgan fingerprint density at radius 3 is 1.92 bits per heavy atom. The van der Waals surface area contributed by atoms with Crippen LogP contribution in [0.1, 0.15) is 120 Å². The Bertz CT molecular complexity index is 2740. The van der Waals surface area contributed by atoms with Crippen LogP contribution in [0.25, 0.3) is 0 Å².